The van der Waals surface area contributed by atoms with Crippen LogP contribution in [0.3, 0.4) is 0 Å². The Morgan fingerprint density at radius 2 is 2.00 bits per heavy atom. The molecule has 0 aliphatic carbocycles. The van der Waals surface area contributed by atoms with E-state index in [2.05, 4.69) is 20.9 Å². The van der Waals surface area contributed by atoms with Crippen molar-refractivity contribution in [3.8, 4) is 0 Å². The first-order chi connectivity index (χ1) is 11.5. The van der Waals surface area contributed by atoms with Crippen molar-refractivity contribution >= 4 is 50.4 Å². The van der Waals surface area contributed by atoms with Crippen LogP contribution in [0.4, 0.5) is 13.2 Å². The molecule has 2 rings (SSSR count). The van der Waals surface area contributed by atoms with E-state index in [1.165, 1.54) is 18.4 Å². The molecule has 1 unspecified atom stereocenters. The van der Waals surface area contributed by atoms with E-state index in [1.54, 1.807) is 6.07 Å². The number of carbonyl (C=O) groups excluding carboxylic acids is 2. The number of nitrogens with zero attached hydrogens (tertiary/aromatic N) is 1. The second kappa shape index (κ2) is 7.40. The molecule has 0 spiro atoms. The van der Waals surface area contributed by atoms with Gasteiger partial charge < -0.3 is 5.11 Å². The molecule has 6 nitrogen and oxygen atoms in total. The van der Waals surface area contributed by atoms with Crippen LogP contribution in [0.25, 0.3) is 0 Å². The van der Waals surface area contributed by atoms with Crippen LogP contribution in [-0.2, 0) is 10.4 Å². The Morgan fingerprint density at radius 1 is 1.32 bits per heavy atom. The molecule has 0 aliphatic heterocycles. The molecule has 1 atom stereocenters. The minimum Gasteiger partial charge on any atom is -0.374 e. The Kier molecular flexibility index (Phi) is 5.86. The van der Waals surface area contributed by atoms with Crippen LogP contribution in [0.1, 0.15) is 26.8 Å². The molecule has 0 bridgehead atoms. The van der Waals surface area contributed by atoms with Crippen molar-refractivity contribution in [1.29, 1.82) is 0 Å². The van der Waals surface area contributed by atoms with Gasteiger partial charge in [-0.15, -0.1) is 22.7 Å². The summed E-state index contributed by atoms with van der Waals surface area (Å²) in [6, 6.07) is 3.08. The Morgan fingerprint density at radius 3 is 2.48 bits per heavy atom. The zero-order chi connectivity index (χ0) is 18.8. The number of aliphatic hydroxyl groups is 1. The molecule has 2 heterocycles. The molecule has 2 aromatic rings. The van der Waals surface area contributed by atoms with Gasteiger partial charge in [-0.1, -0.05) is 0 Å². The average Bonchev–Trinajstić information content (AvgIpc) is 3.12. The smallest absolute Gasteiger partial charge is 0.374 e. The van der Waals surface area contributed by atoms with E-state index in [0.717, 1.165) is 11.3 Å². The molecular weight excluding hydrogens is 447 g/mol. The zero-order valence-corrected chi connectivity index (χ0v) is 15.7. The minimum atomic E-state index is -5.11. The van der Waals surface area contributed by atoms with Crippen molar-refractivity contribution < 1.29 is 27.9 Å². The van der Waals surface area contributed by atoms with E-state index in [9.17, 15) is 27.9 Å². The zero-order valence-electron chi connectivity index (χ0n) is 12.5. The number of amides is 2. The first-order valence-electron chi connectivity index (χ1n) is 6.59. The van der Waals surface area contributed by atoms with E-state index in [1.807, 2.05) is 10.9 Å². The predicted molar refractivity (Wildman–Crippen MR) is 89.0 cm³/mol. The van der Waals surface area contributed by atoms with Crippen molar-refractivity contribution in [3.05, 3.63) is 36.9 Å². The molecule has 0 radical (unpaired) electrons. The SMILES string of the molecule is Cc1csc(C(O)(CC(=O)NNC(=O)c2ccc(Br)s2)C(F)(F)F)n1. The molecule has 0 saturated carbocycles. The number of carbonyl (C=O) groups is 2. The highest BCUT2D eigenvalue weighted by Gasteiger charge is 2.58. The number of thiophene rings is 1. The van der Waals surface area contributed by atoms with Gasteiger partial charge in [-0.25, -0.2) is 4.98 Å². The molecule has 0 aromatic carbocycles. The van der Waals surface area contributed by atoms with Crippen LogP contribution < -0.4 is 10.9 Å². The van der Waals surface area contributed by atoms with Gasteiger partial charge in [0.15, 0.2) is 0 Å². The summed E-state index contributed by atoms with van der Waals surface area (Å²) in [6.07, 6.45) is -6.45. The summed E-state index contributed by atoms with van der Waals surface area (Å²) in [4.78, 5) is 27.4. The number of aryl methyl sites for hydroxylation is 1. The van der Waals surface area contributed by atoms with Crippen molar-refractivity contribution in [1.82, 2.24) is 15.8 Å². The largest absolute Gasteiger partial charge is 0.424 e. The minimum absolute atomic E-state index is 0.244. The van der Waals surface area contributed by atoms with Crippen LogP contribution >= 0.6 is 38.6 Å². The van der Waals surface area contributed by atoms with Crippen molar-refractivity contribution in [2.45, 2.75) is 25.1 Å². The van der Waals surface area contributed by atoms with Crippen molar-refractivity contribution in [3.63, 3.8) is 0 Å². The van der Waals surface area contributed by atoms with Crippen molar-refractivity contribution in [2.75, 3.05) is 0 Å². The number of nitrogens with one attached hydrogen (secondary N) is 2. The summed E-state index contributed by atoms with van der Waals surface area (Å²) in [7, 11) is 0. The lowest BCUT2D eigenvalue weighted by Crippen LogP contribution is -2.49. The number of halogens is 4. The molecule has 136 valence electrons. The summed E-state index contributed by atoms with van der Waals surface area (Å²) in [5.41, 5.74) is 0.716. The fraction of sp³-hybridized carbons (Fsp3) is 0.308. The predicted octanol–water partition coefficient (Wildman–Crippen LogP) is 2.88. The van der Waals surface area contributed by atoms with Gasteiger partial charge in [-0.2, -0.15) is 13.2 Å². The maximum absolute atomic E-state index is 13.3. The van der Waals surface area contributed by atoms with Crippen LogP contribution in [0.15, 0.2) is 21.3 Å². The lowest BCUT2D eigenvalue weighted by molar-refractivity contribution is -0.267. The van der Waals surface area contributed by atoms with Crippen LogP contribution in [0.2, 0.25) is 0 Å². The van der Waals surface area contributed by atoms with Gasteiger partial charge in [-0.05, 0) is 35.0 Å². The average molecular weight is 458 g/mol. The third kappa shape index (κ3) is 4.57. The second-order valence-electron chi connectivity index (χ2n) is 4.93. The maximum atomic E-state index is 13.3. The highest BCUT2D eigenvalue weighted by Crippen LogP contribution is 2.42. The third-order valence-corrected chi connectivity index (χ3v) is 5.70. The third-order valence-electron chi connectivity index (χ3n) is 2.97. The van der Waals surface area contributed by atoms with E-state index in [4.69, 9.17) is 0 Å². The number of hydrazine groups is 1. The fourth-order valence-corrected chi connectivity index (χ4v) is 3.94. The van der Waals surface area contributed by atoms with E-state index >= 15 is 0 Å². The topological polar surface area (TPSA) is 91.3 Å². The Balaban J connectivity index is 2.06. The summed E-state index contributed by atoms with van der Waals surface area (Å²) in [6.45, 7) is 1.47. The molecule has 12 heteroatoms. The second-order valence-corrected chi connectivity index (χ2v) is 8.26. The van der Waals surface area contributed by atoms with Gasteiger partial charge >= 0.3 is 6.18 Å². The standard InChI is InChI=1S/C13H11BrF3N3O3S2/c1-6-5-24-11(18-6)12(23,13(15,16)17)4-9(21)19-20-10(22)7-2-3-8(14)25-7/h2-3,5,23H,4H2,1H3,(H,19,21)(H,20,22). The Hall–Kier alpha value is -1.50. The molecule has 0 saturated heterocycles. The lowest BCUT2D eigenvalue weighted by Gasteiger charge is -2.27. The van der Waals surface area contributed by atoms with E-state index in [-0.39, 0.29) is 4.88 Å². The highest BCUT2D eigenvalue weighted by molar-refractivity contribution is 9.11. The Labute approximate surface area is 156 Å². The quantitative estimate of drug-likeness (QED) is 0.615. The fourth-order valence-electron chi connectivity index (χ4n) is 1.74. The first-order valence-corrected chi connectivity index (χ1v) is 9.08. The van der Waals surface area contributed by atoms with Gasteiger partial charge in [-0.3, -0.25) is 20.4 Å². The number of alkyl halides is 3. The summed E-state index contributed by atoms with van der Waals surface area (Å²) in [5, 5.41) is 10.7. The lowest BCUT2D eigenvalue weighted by atomic mass is 9.99. The van der Waals surface area contributed by atoms with Crippen molar-refractivity contribution in [2.24, 2.45) is 0 Å². The number of hydrogen-bond donors (Lipinski definition) is 3. The van der Waals surface area contributed by atoms with Gasteiger partial charge in [0, 0.05) is 11.1 Å². The highest BCUT2D eigenvalue weighted by atomic mass is 79.9. The van der Waals surface area contributed by atoms with Gasteiger partial charge in [0.1, 0.15) is 5.01 Å². The monoisotopic (exact) mass is 457 g/mol. The molecule has 25 heavy (non-hydrogen) atoms. The Bertz CT molecular complexity index is 793. The normalized spacial score (nSPS) is 14.0. The van der Waals surface area contributed by atoms with Gasteiger partial charge in [0.2, 0.25) is 11.5 Å². The van der Waals surface area contributed by atoms with E-state index < -0.39 is 35.0 Å². The number of thiazole rings is 1. The molecule has 0 aliphatic rings. The van der Waals surface area contributed by atoms with Crippen LogP contribution in [0, 0.1) is 6.92 Å². The molecule has 2 amide bonds. The summed E-state index contributed by atoms with van der Waals surface area (Å²) in [5.74, 6) is -1.90. The summed E-state index contributed by atoms with van der Waals surface area (Å²) >= 11 is 4.83. The van der Waals surface area contributed by atoms with Crippen LogP contribution in [0.5, 0.6) is 0 Å². The maximum Gasteiger partial charge on any atom is 0.424 e. The number of rotatable bonds is 4. The molecular formula is C13H11BrF3N3O3S2. The number of hydrogen-bond acceptors (Lipinski definition) is 6. The molecule has 0 fully saturated rings. The molecule has 3 N–H and O–H groups in total. The summed E-state index contributed by atoms with van der Waals surface area (Å²) < 4.78 is 40.5. The van der Waals surface area contributed by atoms with E-state index in [0.29, 0.717) is 20.8 Å². The number of aromatic nitrogens is 1. The van der Waals surface area contributed by atoms with Gasteiger partial charge in [0.05, 0.1) is 15.1 Å². The molecule has 2 aromatic heterocycles. The van der Waals surface area contributed by atoms with Gasteiger partial charge in [0.25, 0.3) is 5.91 Å². The van der Waals surface area contributed by atoms with Crippen LogP contribution in [-0.4, -0.2) is 28.1 Å². The first kappa shape index (κ1) is 19.8.